The Kier molecular flexibility index (Phi) is 2.66. The van der Waals surface area contributed by atoms with E-state index in [-0.39, 0.29) is 0 Å². The fourth-order valence-corrected chi connectivity index (χ4v) is 1.69. The van der Waals surface area contributed by atoms with Crippen molar-refractivity contribution in [3.8, 4) is 5.75 Å². The van der Waals surface area contributed by atoms with E-state index in [0.29, 0.717) is 17.1 Å². The quantitative estimate of drug-likeness (QED) is 0.808. The van der Waals surface area contributed by atoms with Gasteiger partial charge in [0.25, 0.3) is 0 Å². The molecule has 2 aromatic heterocycles. The maximum absolute atomic E-state index is 10.2. The largest absolute Gasteiger partial charge is 0.493 e. The number of methoxy groups -OCH3 is 1. The average Bonchev–Trinajstić information content (AvgIpc) is 2.83. The van der Waals surface area contributed by atoms with Crippen LogP contribution in [0.25, 0.3) is 0 Å². The molecule has 0 fully saturated rings. The SMILES string of the molecule is COc1cnn(C)c1C(O)c1ccnn1C. The zero-order chi connectivity index (χ0) is 11.7. The highest BCUT2D eigenvalue weighted by atomic mass is 16.5. The molecule has 1 atom stereocenters. The predicted molar refractivity (Wildman–Crippen MR) is 57.0 cm³/mol. The van der Waals surface area contributed by atoms with Crippen LogP contribution in [0.15, 0.2) is 18.5 Å². The summed E-state index contributed by atoms with van der Waals surface area (Å²) in [7, 11) is 5.09. The first-order valence-electron chi connectivity index (χ1n) is 4.87. The predicted octanol–water partition coefficient (Wildman–Crippen LogP) is 0.244. The molecule has 0 aromatic carbocycles. The highest BCUT2D eigenvalue weighted by Crippen LogP contribution is 2.28. The van der Waals surface area contributed by atoms with Crippen LogP contribution in [0.2, 0.25) is 0 Å². The van der Waals surface area contributed by atoms with Gasteiger partial charge in [-0.25, -0.2) is 0 Å². The van der Waals surface area contributed by atoms with Crippen LogP contribution in [-0.4, -0.2) is 31.8 Å². The molecule has 6 nitrogen and oxygen atoms in total. The maximum Gasteiger partial charge on any atom is 0.163 e. The molecule has 6 heteroatoms. The number of hydrogen-bond acceptors (Lipinski definition) is 4. The molecule has 0 saturated heterocycles. The van der Waals surface area contributed by atoms with Crippen LogP contribution >= 0.6 is 0 Å². The van der Waals surface area contributed by atoms with Crippen LogP contribution < -0.4 is 4.74 Å². The third kappa shape index (κ3) is 1.57. The number of aryl methyl sites for hydroxylation is 2. The van der Waals surface area contributed by atoms with Crippen LogP contribution in [0.3, 0.4) is 0 Å². The van der Waals surface area contributed by atoms with Gasteiger partial charge in [0.05, 0.1) is 19.0 Å². The molecule has 0 aliphatic heterocycles. The van der Waals surface area contributed by atoms with Crippen LogP contribution in [0.1, 0.15) is 17.5 Å². The summed E-state index contributed by atoms with van der Waals surface area (Å²) >= 11 is 0. The minimum atomic E-state index is -0.796. The summed E-state index contributed by atoms with van der Waals surface area (Å²) < 4.78 is 8.37. The van der Waals surface area contributed by atoms with E-state index < -0.39 is 6.10 Å². The van der Waals surface area contributed by atoms with E-state index in [0.717, 1.165) is 0 Å². The molecule has 2 aromatic rings. The Bertz CT molecular complexity index is 489. The van der Waals surface area contributed by atoms with E-state index >= 15 is 0 Å². The van der Waals surface area contributed by atoms with E-state index in [9.17, 15) is 5.11 Å². The van der Waals surface area contributed by atoms with E-state index in [1.807, 2.05) is 0 Å². The average molecular weight is 222 g/mol. The summed E-state index contributed by atoms with van der Waals surface area (Å²) in [4.78, 5) is 0. The van der Waals surface area contributed by atoms with Crippen molar-refractivity contribution in [2.45, 2.75) is 6.10 Å². The first-order valence-corrected chi connectivity index (χ1v) is 4.87. The van der Waals surface area contributed by atoms with Crippen LogP contribution in [0.4, 0.5) is 0 Å². The van der Waals surface area contributed by atoms with Gasteiger partial charge in [0.1, 0.15) is 11.8 Å². The number of aliphatic hydroxyl groups is 1. The normalized spacial score (nSPS) is 12.8. The molecule has 0 aliphatic carbocycles. The zero-order valence-electron chi connectivity index (χ0n) is 9.45. The molecule has 86 valence electrons. The molecular weight excluding hydrogens is 208 g/mol. The number of aromatic nitrogens is 4. The Labute approximate surface area is 93.1 Å². The second-order valence-electron chi connectivity index (χ2n) is 3.50. The van der Waals surface area contributed by atoms with Gasteiger partial charge in [0.15, 0.2) is 5.75 Å². The molecule has 0 amide bonds. The Morgan fingerprint density at radius 2 is 2.06 bits per heavy atom. The van der Waals surface area contributed by atoms with Gasteiger partial charge in [-0.3, -0.25) is 9.36 Å². The second-order valence-corrected chi connectivity index (χ2v) is 3.50. The molecule has 1 N–H and O–H groups in total. The lowest BCUT2D eigenvalue weighted by Gasteiger charge is -2.13. The van der Waals surface area contributed by atoms with Crippen molar-refractivity contribution < 1.29 is 9.84 Å². The summed E-state index contributed by atoms with van der Waals surface area (Å²) in [5.41, 5.74) is 1.31. The first kappa shape index (κ1) is 10.7. The number of rotatable bonds is 3. The van der Waals surface area contributed by atoms with Crippen molar-refractivity contribution in [2.75, 3.05) is 7.11 Å². The van der Waals surface area contributed by atoms with Crippen molar-refractivity contribution in [3.05, 3.63) is 29.8 Å². The Morgan fingerprint density at radius 3 is 2.62 bits per heavy atom. The Balaban J connectivity index is 2.44. The fourth-order valence-electron chi connectivity index (χ4n) is 1.69. The third-order valence-electron chi connectivity index (χ3n) is 2.57. The summed E-state index contributed by atoms with van der Waals surface area (Å²) in [6.07, 6.45) is 2.42. The highest BCUT2D eigenvalue weighted by molar-refractivity contribution is 5.31. The summed E-state index contributed by atoms with van der Waals surface area (Å²) in [6.45, 7) is 0. The Hall–Kier alpha value is -1.82. The van der Waals surface area contributed by atoms with Crippen molar-refractivity contribution >= 4 is 0 Å². The molecule has 0 saturated carbocycles. The van der Waals surface area contributed by atoms with Crippen molar-refractivity contribution in [3.63, 3.8) is 0 Å². The fraction of sp³-hybridized carbons (Fsp3) is 0.400. The summed E-state index contributed by atoms with van der Waals surface area (Å²) in [5.74, 6) is 0.566. The number of nitrogens with zero attached hydrogens (tertiary/aromatic N) is 4. The lowest BCUT2D eigenvalue weighted by molar-refractivity contribution is 0.194. The van der Waals surface area contributed by atoms with Gasteiger partial charge in [0, 0.05) is 20.3 Å². The lowest BCUT2D eigenvalue weighted by atomic mass is 10.2. The molecule has 0 bridgehead atoms. The molecule has 16 heavy (non-hydrogen) atoms. The summed E-state index contributed by atoms with van der Waals surface area (Å²) in [6, 6.07) is 1.76. The molecule has 1 unspecified atom stereocenters. The topological polar surface area (TPSA) is 65.1 Å². The first-order chi connectivity index (χ1) is 7.65. The number of hydrogen-bond donors (Lipinski definition) is 1. The van der Waals surface area contributed by atoms with Gasteiger partial charge in [0.2, 0.25) is 0 Å². The molecule has 0 aliphatic rings. The van der Waals surface area contributed by atoms with Crippen LogP contribution in [0.5, 0.6) is 5.75 Å². The van der Waals surface area contributed by atoms with Gasteiger partial charge in [-0.1, -0.05) is 0 Å². The highest BCUT2D eigenvalue weighted by Gasteiger charge is 2.22. The smallest absolute Gasteiger partial charge is 0.163 e. The van der Waals surface area contributed by atoms with Crippen LogP contribution in [-0.2, 0) is 14.1 Å². The van der Waals surface area contributed by atoms with Crippen LogP contribution in [0, 0.1) is 0 Å². The second kappa shape index (κ2) is 3.97. The van der Waals surface area contributed by atoms with Crippen molar-refractivity contribution in [1.82, 2.24) is 19.6 Å². The van der Waals surface area contributed by atoms with Crippen molar-refractivity contribution in [1.29, 1.82) is 0 Å². The zero-order valence-corrected chi connectivity index (χ0v) is 9.45. The van der Waals surface area contributed by atoms with Crippen molar-refractivity contribution in [2.24, 2.45) is 14.1 Å². The molecular formula is C10H14N4O2. The maximum atomic E-state index is 10.2. The van der Waals surface area contributed by atoms with E-state index in [2.05, 4.69) is 10.2 Å². The minimum absolute atomic E-state index is 0.566. The van der Waals surface area contributed by atoms with E-state index in [1.54, 1.807) is 49.0 Å². The van der Waals surface area contributed by atoms with Gasteiger partial charge in [-0.2, -0.15) is 10.2 Å². The minimum Gasteiger partial charge on any atom is -0.493 e. The van der Waals surface area contributed by atoms with E-state index in [4.69, 9.17) is 4.74 Å². The molecule has 2 rings (SSSR count). The molecule has 0 radical (unpaired) electrons. The Morgan fingerprint density at radius 1 is 1.31 bits per heavy atom. The third-order valence-corrected chi connectivity index (χ3v) is 2.57. The van der Waals surface area contributed by atoms with E-state index in [1.165, 1.54) is 0 Å². The van der Waals surface area contributed by atoms with Gasteiger partial charge in [-0.05, 0) is 6.07 Å². The monoisotopic (exact) mass is 222 g/mol. The standard InChI is InChI=1S/C10H14N4O2/c1-13-7(4-5-11-13)10(15)9-8(16-3)6-12-14(9)2/h4-6,10,15H,1-3H3. The summed E-state index contributed by atoms with van der Waals surface area (Å²) in [5, 5.41) is 18.3. The van der Waals surface area contributed by atoms with Gasteiger partial charge in [-0.15, -0.1) is 0 Å². The number of ether oxygens (including phenoxy) is 1. The molecule has 2 heterocycles. The number of aliphatic hydroxyl groups excluding tert-OH is 1. The van der Waals surface area contributed by atoms with Gasteiger partial charge < -0.3 is 9.84 Å². The lowest BCUT2D eigenvalue weighted by Crippen LogP contribution is -2.11. The molecule has 0 spiro atoms. The van der Waals surface area contributed by atoms with Gasteiger partial charge >= 0.3 is 0 Å².